The average molecular weight is 418 g/mol. The van der Waals surface area contributed by atoms with Crippen LogP contribution < -0.4 is 5.32 Å². The van der Waals surface area contributed by atoms with Gasteiger partial charge in [0.15, 0.2) is 0 Å². The highest BCUT2D eigenvalue weighted by Crippen LogP contribution is 2.13. The van der Waals surface area contributed by atoms with E-state index in [2.05, 4.69) is 11.9 Å². The molecule has 3 rings (SSSR count). The van der Waals surface area contributed by atoms with Crippen molar-refractivity contribution >= 4 is 17.6 Å². The van der Waals surface area contributed by atoms with Crippen LogP contribution in [0, 0.1) is 6.92 Å². The Hall–Kier alpha value is -3.80. The smallest absolute Gasteiger partial charge is 0.322 e. The molecular weight excluding hydrogens is 390 g/mol. The molecule has 0 saturated heterocycles. The first kappa shape index (κ1) is 21.9. The standard InChI is InChI=1S/C25H27N3O3/c1-3-14-27(25(30)26-22-12-7-9-20(2)16-22)19-24(29)28(18-23-13-8-15-31-23)17-21-10-5-4-6-11-21/h3-13,15-16H,1,14,17-19H2,2H3,(H,26,30). The Morgan fingerprint density at radius 3 is 2.48 bits per heavy atom. The second-order valence-electron chi connectivity index (χ2n) is 7.28. The molecule has 6 nitrogen and oxygen atoms in total. The highest BCUT2D eigenvalue weighted by atomic mass is 16.3. The van der Waals surface area contributed by atoms with E-state index in [0.717, 1.165) is 11.1 Å². The van der Waals surface area contributed by atoms with Gasteiger partial charge in [0.25, 0.3) is 0 Å². The molecule has 2 aromatic carbocycles. The van der Waals surface area contributed by atoms with Crippen LogP contribution in [0.2, 0.25) is 0 Å². The third-order valence-electron chi connectivity index (χ3n) is 4.73. The SMILES string of the molecule is C=CCN(CC(=O)N(Cc1ccccc1)Cc1ccco1)C(=O)Nc1cccc(C)c1. The molecule has 1 aromatic heterocycles. The molecule has 0 spiro atoms. The van der Waals surface area contributed by atoms with Crippen LogP contribution in [0.4, 0.5) is 10.5 Å². The number of nitrogens with one attached hydrogen (secondary N) is 1. The molecule has 0 unspecified atom stereocenters. The second-order valence-corrected chi connectivity index (χ2v) is 7.28. The Balaban J connectivity index is 1.72. The van der Waals surface area contributed by atoms with Crippen molar-refractivity contribution in [3.05, 3.63) is 103 Å². The summed E-state index contributed by atoms with van der Waals surface area (Å²) in [6.45, 7) is 6.60. The Bertz CT molecular complexity index is 1000. The predicted molar refractivity (Wildman–Crippen MR) is 121 cm³/mol. The molecule has 160 valence electrons. The molecule has 0 aliphatic heterocycles. The minimum absolute atomic E-state index is 0.0722. The van der Waals surface area contributed by atoms with Crippen LogP contribution >= 0.6 is 0 Å². The van der Waals surface area contributed by atoms with Gasteiger partial charge < -0.3 is 19.5 Å². The summed E-state index contributed by atoms with van der Waals surface area (Å²) in [5, 5.41) is 2.86. The molecule has 3 aromatic rings. The van der Waals surface area contributed by atoms with Crippen molar-refractivity contribution in [1.82, 2.24) is 9.80 Å². The van der Waals surface area contributed by atoms with E-state index in [9.17, 15) is 9.59 Å². The maximum Gasteiger partial charge on any atom is 0.322 e. The third-order valence-corrected chi connectivity index (χ3v) is 4.73. The van der Waals surface area contributed by atoms with Crippen molar-refractivity contribution in [3.8, 4) is 0 Å². The van der Waals surface area contributed by atoms with E-state index < -0.39 is 0 Å². The number of aryl methyl sites for hydroxylation is 1. The van der Waals surface area contributed by atoms with Gasteiger partial charge in [0.1, 0.15) is 12.3 Å². The molecule has 31 heavy (non-hydrogen) atoms. The normalized spacial score (nSPS) is 10.4. The van der Waals surface area contributed by atoms with Gasteiger partial charge in [-0.05, 0) is 42.3 Å². The second kappa shape index (κ2) is 10.8. The summed E-state index contributed by atoms with van der Waals surface area (Å²) >= 11 is 0. The van der Waals surface area contributed by atoms with Crippen molar-refractivity contribution in [1.29, 1.82) is 0 Å². The van der Waals surface area contributed by atoms with E-state index in [4.69, 9.17) is 4.42 Å². The molecule has 6 heteroatoms. The number of nitrogens with zero attached hydrogens (tertiary/aromatic N) is 2. The van der Waals surface area contributed by atoms with E-state index in [0.29, 0.717) is 24.5 Å². The third kappa shape index (κ3) is 6.60. The minimum atomic E-state index is -0.350. The quantitative estimate of drug-likeness (QED) is 0.507. The van der Waals surface area contributed by atoms with Crippen molar-refractivity contribution in [2.45, 2.75) is 20.0 Å². The number of anilines is 1. The van der Waals surface area contributed by atoms with E-state index >= 15 is 0 Å². The van der Waals surface area contributed by atoms with E-state index in [1.54, 1.807) is 23.3 Å². The molecule has 0 saturated carbocycles. The van der Waals surface area contributed by atoms with Gasteiger partial charge >= 0.3 is 6.03 Å². The molecule has 0 fully saturated rings. The van der Waals surface area contributed by atoms with E-state index in [1.807, 2.05) is 67.6 Å². The van der Waals surface area contributed by atoms with Gasteiger partial charge in [-0.2, -0.15) is 0 Å². The summed E-state index contributed by atoms with van der Waals surface area (Å²) in [7, 11) is 0. The summed E-state index contributed by atoms with van der Waals surface area (Å²) < 4.78 is 5.44. The van der Waals surface area contributed by atoms with Crippen LogP contribution in [-0.4, -0.2) is 34.8 Å². The van der Waals surface area contributed by atoms with Gasteiger partial charge in [0.05, 0.1) is 12.8 Å². The fourth-order valence-electron chi connectivity index (χ4n) is 3.19. The zero-order valence-corrected chi connectivity index (χ0v) is 17.7. The van der Waals surface area contributed by atoms with Gasteiger partial charge in [-0.25, -0.2) is 4.79 Å². The molecular formula is C25H27N3O3. The molecule has 0 aliphatic carbocycles. The van der Waals surface area contributed by atoms with E-state index in [1.165, 1.54) is 4.90 Å². The van der Waals surface area contributed by atoms with Gasteiger partial charge in [0.2, 0.25) is 5.91 Å². The number of carbonyl (C=O) groups excluding carboxylic acids is 2. The Labute approximate surface area is 182 Å². The maximum atomic E-state index is 13.2. The van der Waals surface area contributed by atoms with Crippen LogP contribution in [0.3, 0.4) is 0 Å². The fourth-order valence-corrected chi connectivity index (χ4v) is 3.19. The largest absolute Gasteiger partial charge is 0.467 e. The number of hydrogen-bond acceptors (Lipinski definition) is 3. The highest BCUT2D eigenvalue weighted by molar-refractivity contribution is 5.92. The average Bonchev–Trinajstić information content (AvgIpc) is 3.27. The molecule has 0 radical (unpaired) electrons. The fraction of sp³-hybridized carbons (Fsp3) is 0.200. The van der Waals surface area contributed by atoms with Crippen LogP contribution in [0.15, 0.2) is 90.1 Å². The lowest BCUT2D eigenvalue weighted by Gasteiger charge is -2.27. The number of benzene rings is 2. The molecule has 1 heterocycles. The van der Waals surface area contributed by atoms with Crippen molar-refractivity contribution in [2.75, 3.05) is 18.4 Å². The zero-order valence-electron chi connectivity index (χ0n) is 17.7. The van der Waals surface area contributed by atoms with Crippen LogP contribution in [0.1, 0.15) is 16.9 Å². The Morgan fingerprint density at radius 2 is 1.81 bits per heavy atom. The summed E-state index contributed by atoms with van der Waals surface area (Å²) in [6, 6.07) is 20.5. The van der Waals surface area contributed by atoms with Gasteiger partial charge in [-0.15, -0.1) is 6.58 Å². The minimum Gasteiger partial charge on any atom is -0.467 e. The van der Waals surface area contributed by atoms with Gasteiger partial charge in [0, 0.05) is 18.8 Å². The van der Waals surface area contributed by atoms with Crippen LogP contribution in [0.25, 0.3) is 0 Å². The molecule has 0 aliphatic rings. The topological polar surface area (TPSA) is 65.8 Å². The van der Waals surface area contributed by atoms with Gasteiger partial charge in [-0.3, -0.25) is 4.79 Å². The predicted octanol–water partition coefficient (Wildman–Crippen LogP) is 4.84. The lowest BCUT2D eigenvalue weighted by atomic mass is 10.2. The summed E-state index contributed by atoms with van der Waals surface area (Å²) in [6.07, 6.45) is 3.19. The van der Waals surface area contributed by atoms with Crippen molar-refractivity contribution in [2.24, 2.45) is 0 Å². The number of hydrogen-bond donors (Lipinski definition) is 1. The van der Waals surface area contributed by atoms with Gasteiger partial charge in [-0.1, -0.05) is 48.5 Å². The summed E-state index contributed by atoms with van der Waals surface area (Å²) in [5.41, 5.74) is 2.72. The number of carbonyl (C=O) groups is 2. The first-order valence-corrected chi connectivity index (χ1v) is 10.1. The highest BCUT2D eigenvalue weighted by Gasteiger charge is 2.22. The molecule has 0 bridgehead atoms. The first-order chi connectivity index (χ1) is 15.0. The van der Waals surface area contributed by atoms with Crippen molar-refractivity contribution < 1.29 is 14.0 Å². The maximum absolute atomic E-state index is 13.2. The number of amides is 3. The van der Waals surface area contributed by atoms with E-state index in [-0.39, 0.29) is 25.0 Å². The number of urea groups is 1. The lowest BCUT2D eigenvalue weighted by Crippen LogP contribution is -2.44. The zero-order chi connectivity index (χ0) is 22.1. The lowest BCUT2D eigenvalue weighted by molar-refractivity contribution is -0.133. The summed E-state index contributed by atoms with van der Waals surface area (Å²) in [5.74, 6) is 0.505. The first-order valence-electron chi connectivity index (χ1n) is 10.1. The molecule has 3 amide bonds. The Kier molecular flexibility index (Phi) is 7.65. The number of rotatable bonds is 9. The van der Waals surface area contributed by atoms with Crippen molar-refractivity contribution in [3.63, 3.8) is 0 Å². The summed E-state index contributed by atoms with van der Waals surface area (Å²) in [4.78, 5) is 29.2. The van der Waals surface area contributed by atoms with Crippen LogP contribution in [-0.2, 0) is 17.9 Å². The monoisotopic (exact) mass is 417 g/mol. The molecule has 1 N–H and O–H groups in total. The molecule has 0 atom stereocenters. The number of furan rings is 1. The Morgan fingerprint density at radius 1 is 1.00 bits per heavy atom. The van der Waals surface area contributed by atoms with Crippen LogP contribution in [0.5, 0.6) is 0 Å².